The van der Waals surface area contributed by atoms with Gasteiger partial charge < -0.3 is 16.6 Å². The first kappa shape index (κ1) is 11.2. The molecule has 2 atom stereocenters. The van der Waals surface area contributed by atoms with Crippen molar-refractivity contribution in [2.75, 3.05) is 0 Å². The average Bonchev–Trinajstić information content (AvgIpc) is 1.85. The normalized spacial score (nSPS) is 17.1. The maximum Gasteiger partial charge on any atom is 0.414 e. The van der Waals surface area contributed by atoms with Gasteiger partial charge in [0.2, 0.25) is 5.91 Å². The van der Waals surface area contributed by atoms with Crippen LogP contribution in [-0.2, 0) is 4.79 Å². The highest BCUT2D eigenvalue weighted by Gasteiger charge is 2.39. The summed E-state index contributed by atoms with van der Waals surface area (Å²) < 4.78 is 34.8. The van der Waals surface area contributed by atoms with E-state index in [1.165, 1.54) is 0 Å². The molecule has 2 unspecified atom stereocenters. The third-order valence-electron chi connectivity index (χ3n) is 1.22. The van der Waals surface area contributed by atoms with Crippen LogP contribution in [0.1, 0.15) is 6.42 Å². The monoisotopic (exact) mass is 186 g/mol. The Morgan fingerprint density at radius 3 is 2.17 bits per heavy atom. The molecule has 7 heteroatoms. The zero-order chi connectivity index (χ0) is 9.94. The lowest BCUT2D eigenvalue weighted by Gasteiger charge is -2.16. The highest BCUT2D eigenvalue weighted by atomic mass is 19.4. The van der Waals surface area contributed by atoms with Crippen LogP contribution >= 0.6 is 0 Å². The van der Waals surface area contributed by atoms with E-state index in [1.807, 2.05) is 0 Å². The Morgan fingerprint density at radius 2 is 1.92 bits per heavy atom. The third kappa shape index (κ3) is 3.54. The summed E-state index contributed by atoms with van der Waals surface area (Å²) in [6.07, 6.45) is -8.26. The van der Waals surface area contributed by atoms with Gasteiger partial charge in [0.25, 0.3) is 0 Å². The van der Waals surface area contributed by atoms with Crippen molar-refractivity contribution in [3.05, 3.63) is 0 Å². The summed E-state index contributed by atoms with van der Waals surface area (Å²) in [5.41, 5.74) is 9.46. The number of alkyl halides is 3. The van der Waals surface area contributed by atoms with Crippen LogP contribution in [-0.4, -0.2) is 29.3 Å². The molecule has 0 aromatic carbocycles. The fourth-order valence-corrected chi connectivity index (χ4v) is 0.490. The fourth-order valence-electron chi connectivity index (χ4n) is 0.490. The van der Waals surface area contributed by atoms with Crippen molar-refractivity contribution in [2.45, 2.75) is 24.7 Å². The van der Waals surface area contributed by atoms with Crippen molar-refractivity contribution in [1.29, 1.82) is 0 Å². The predicted molar refractivity (Wildman–Crippen MR) is 33.8 cm³/mol. The van der Waals surface area contributed by atoms with Gasteiger partial charge in [0, 0.05) is 6.42 Å². The number of hydrogen-bond acceptors (Lipinski definition) is 3. The van der Waals surface area contributed by atoms with Crippen LogP contribution in [0.3, 0.4) is 0 Å². The molecule has 0 heterocycles. The number of primary amides is 1. The van der Waals surface area contributed by atoms with Gasteiger partial charge in [0.05, 0.1) is 6.04 Å². The first-order valence-corrected chi connectivity index (χ1v) is 3.05. The van der Waals surface area contributed by atoms with E-state index >= 15 is 0 Å². The Kier molecular flexibility index (Phi) is 3.47. The molecular weight excluding hydrogens is 177 g/mol. The van der Waals surface area contributed by atoms with Gasteiger partial charge in [-0.15, -0.1) is 0 Å². The van der Waals surface area contributed by atoms with Gasteiger partial charge in [-0.2, -0.15) is 13.2 Å². The second kappa shape index (κ2) is 3.72. The summed E-state index contributed by atoms with van der Waals surface area (Å²) >= 11 is 0. The topological polar surface area (TPSA) is 89.3 Å². The lowest BCUT2D eigenvalue weighted by molar-refractivity contribution is -0.206. The Balaban J connectivity index is 4.01. The van der Waals surface area contributed by atoms with Crippen LogP contribution in [0.5, 0.6) is 0 Å². The van der Waals surface area contributed by atoms with Crippen molar-refractivity contribution in [3.8, 4) is 0 Å². The lowest BCUT2D eigenvalue weighted by Crippen LogP contribution is -2.42. The van der Waals surface area contributed by atoms with Gasteiger partial charge in [-0.25, -0.2) is 0 Å². The molecule has 1 amide bonds. The summed E-state index contributed by atoms with van der Waals surface area (Å²) in [6.45, 7) is 0. The predicted octanol–water partition coefficient (Wildman–Crippen LogP) is -0.888. The molecule has 0 aliphatic heterocycles. The SMILES string of the molecule is NC(=O)C(N)CC(O)C(F)(F)F. The Labute approximate surface area is 66.3 Å². The van der Waals surface area contributed by atoms with Crippen LogP contribution < -0.4 is 11.5 Å². The summed E-state index contributed by atoms with van der Waals surface area (Å²) in [7, 11) is 0. The van der Waals surface area contributed by atoms with E-state index in [0.29, 0.717) is 0 Å². The van der Waals surface area contributed by atoms with Gasteiger partial charge in [-0.1, -0.05) is 0 Å². The first-order valence-electron chi connectivity index (χ1n) is 3.05. The minimum absolute atomic E-state index is 0.904. The second-order valence-corrected chi connectivity index (χ2v) is 2.30. The smallest absolute Gasteiger partial charge is 0.384 e. The minimum Gasteiger partial charge on any atom is -0.384 e. The largest absolute Gasteiger partial charge is 0.414 e. The summed E-state index contributed by atoms with van der Waals surface area (Å²) in [5, 5.41) is 8.39. The Hall–Kier alpha value is -0.820. The number of aliphatic hydroxyl groups excluding tert-OH is 1. The molecule has 0 saturated carbocycles. The van der Waals surface area contributed by atoms with Crippen molar-refractivity contribution in [1.82, 2.24) is 0 Å². The van der Waals surface area contributed by atoms with E-state index in [0.717, 1.165) is 0 Å². The molecule has 4 nitrogen and oxygen atoms in total. The van der Waals surface area contributed by atoms with Gasteiger partial charge >= 0.3 is 6.18 Å². The second-order valence-electron chi connectivity index (χ2n) is 2.30. The van der Waals surface area contributed by atoms with Gasteiger partial charge in [0.15, 0.2) is 6.10 Å². The number of aliphatic hydroxyl groups is 1. The third-order valence-corrected chi connectivity index (χ3v) is 1.22. The fraction of sp³-hybridized carbons (Fsp3) is 0.800. The molecular formula is C5H9F3N2O2. The van der Waals surface area contributed by atoms with E-state index < -0.39 is 30.7 Å². The van der Waals surface area contributed by atoms with Gasteiger partial charge in [-0.05, 0) is 0 Å². The van der Waals surface area contributed by atoms with Crippen LogP contribution in [0.25, 0.3) is 0 Å². The average molecular weight is 186 g/mol. The highest BCUT2D eigenvalue weighted by molar-refractivity contribution is 5.79. The quantitative estimate of drug-likeness (QED) is 0.534. The van der Waals surface area contributed by atoms with Crippen molar-refractivity contribution in [2.24, 2.45) is 11.5 Å². The number of amides is 1. The van der Waals surface area contributed by atoms with Crippen molar-refractivity contribution < 1.29 is 23.1 Å². The zero-order valence-corrected chi connectivity index (χ0v) is 6.01. The Bertz CT molecular complexity index is 171. The molecule has 0 saturated heterocycles. The molecule has 72 valence electrons. The molecule has 12 heavy (non-hydrogen) atoms. The van der Waals surface area contributed by atoms with Crippen LogP contribution in [0.2, 0.25) is 0 Å². The van der Waals surface area contributed by atoms with Gasteiger partial charge in [0.1, 0.15) is 0 Å². The number of carbonyl (C=O) groups is 1. The molecule has 0 aromatic heterocycles. The molecule has 0 rings (SSSR count). The highest BCUT2D eigenvalue weighted by Crippen LogP contribution is 2.22. The Morgan fingerprint density at radius 1 is 1.50 bits per heavy atom. The lowest BCUT2D eigenvalue weighted by atomic mass is 10.1. The number of halogens is 3. The molecule has 0 bridgehead atoms. The van der Waals surface area contributed by atoms with E-state index in [-0.39, 0.29) is 0 Å². The molecule has 0 aliphatic rings. The van der Waals surface area contributed by atoms with Crippen molar-refractivity contribution >= 4 is 5.91 Å². The molecule has 0 spiro atoms. The van der Waals surface area contributed by atoms with E-state index in [9.17, 15) is 18.0 Å². The summed E-state index contributed by atoms with van der Waals surface area (Å²) in [5.74, 6) is -1.07. The zero-order valence-electron chi connectivity index (χ0n) is 6.01. The van der Waals surface area contributed by atoms with E-state index in [2.05, 4.69) is 5.73 Å². The number of nitrogens with two attached hydrogens (primary N) is 2. The summed E-state index contributed by atoms with van der Waals surface area (Å²) in [4.78, 5) is 10.2. The number of hydrogen-bond donors (Lipinski definition) is 3. The maximum atomic E-state index is 11.6. The van der Waals surface area contributed by atoms with Gasteiger partial charge in [-0.3, -0.25) is 4.79 Å². The molecule has 0 radical (unpaired) electrons. The van der Waals surface area contributed by atoms with Crippen LogP contribution in [0.15, 0.2) is 0 Å². The maximum absolute atomic E-state index is 11.6. The molecule has 0 aromatic rings. The molecule has 0 aliphatic carbocycles. The minimum atomic E-state index is -4.76. The van der Waals surface area contributed by atoms with E-state index in [1.54, 1.807) is 0 Å². The van der Waals surface area contributed by atoms with Crippen LogP contribution in [0, 0.1) is 0 Å². The number of carbonyl (C=O) groups excluding carboxylic acids is 1. The number of rotatable bonds is 3. The first-order chi connectivity index (χ1) is 5.25. The standard InChI is InChI=1S/C5H9F3N2O2/c6-5(7,8)3(11)1-2(9)4(10)12/h2-3,11H,1,9H2,(H2,10,12). The molecule has 0 fully saturated rings. The van der Waals surface area contributed by atoms with Crippen LogP contribution in [0.4, 0.5) is 13.2 Å². The molecule has 5 N–H and O–H groups in total. The van der Waals surface area contributed by atoms with E-state index in [4.69, 9.17) is 10.8 Å². The van der Waals surface area contributed by atoms with Crippen molar-refractivity contribution in [3.63, 3.8) is 0 Å². The summed E-state index contributed by atoms with van der Waals surface area (Å²) in [6, 6.07) is -1.47.